The first-order valence-corrected chi connectivity index (χ1v) is 6.04. The number of hydrogen-bond acceptors (Lipinski definition) is 3. The van der Waals surface area contributed by atoms with E-state index >= 15 is 0 Å². The molecule has 4 heteroatoms. The summed E-state index contributed by atoms with van der Waals surface area (Å²) in [5.41, 5.74) is 1.06. The number of anilines is 1. The van der Waals surface area contributed by atoms with E-state index in [9.17, 15) is 0 Å². The molecule has 0 spiro atoms. The predicted molar refractivity (Wildman–Crippen MR) is 66.2 cm³/mol. The summed E-state index contributed by atoms with van der Waals surface area (Å²) in [5, 5.41) is 3.31. The summed E-state index contributed by atoms with van der Waals surface area (Å²) in [6.45, 7) is 4.65. The fourth-order valence-electron chi connectivity index (χ4n) is 1.21. The van der Waals surface area contributed by atoms with Crippen molar-refractivity contribution in [3.63, 3.8) is 0 Å². The second kappa shape index (κ2) is 7.65. The van der Waals surface area contributed by atoms with Gasteiger partial charge in [-0.2, -0.15) is 0 Å². The summed E-state index contributed by atoms with van der Waals surface area (Å²) in [5.74, 6) is 0. The van der Waals surface area contributed by atoms with Crippen LogP contribution in [0.3, 0.4) is 0 Å². The molecule has 1 N–H and O–H groups in total. The molecule has 0 saturated heterocycles. The van der Waals surface area contributed by atoms with Crippen LogP contribution >= 0.6 is 15.9 Å². The fourth-order valence-corrected chi connectivity index (χ4v) is 1.58. The first-order chi connectivity index (χ1) is 7.33. The van der Waals surface area contributed by atoms with Gasteiger partial charge in [0.1, 0.15) is 0 Å². The molecule has 1 aromatic rings. The Morgan fingerprint density at radius 2 is 2.27 bits per heavy atom. The van der Waals surface area contributed by atoms with E-state index < -0.39 is 0 Å². The lowest BCUT2D eigenvalue weighted by molar-refractivity contribution is 0.144. The van der Waals surface area contributed by atoms with E-state index in [0.717, 1.165) is 42.8 Å². The predicted octanol–water partition coefficient (Wildman–Crippen LogP) is 3.07. The fraction of sp³-hybridized carbons (Fsp3) is 0.545. The van der Waals surface area contributed by atoms with E-state index in [-0.39, 0.29) is 0 Å². The van der Waals surface area contributed by atoms with Crippen molar-refractivity contribution in [3.05, 3.63) is 22.9 Å². The van der Waals surface area contributed by atoms with E-state index in [2.05, 4.69) is 26.2 Å². The minimum Gasteiger partial charge on any atom is -0.384 e. The van der Waals surface area contributed by atoms with Crippen molar-refractivity contribution in [3.8, 4) is 0 Å². The van der Waals surface area contributed by atoms with Gasteiger partial charge in [-0.1, -0.05) is 0 Å². The van der Waals surface area contributed by atoms with Crippen LogP contribution in [-0.2, 0) is 4.74 Å². The van der Waals surface area contributed by atoms with Crippen LogP contribution in [0, 0.1) is 0 Å². The highest BCUT2D eigenvalue weighted by Gasteiger charge is 1.93. The van der Waals surface area contributed by atoms with Crippen LogP contribution in [0.2, 0.25) is 0 Å². The summed E-state index contributed by atoms with van der Waals surface area (Å²) in [6, 6.07) is 2.02. The molecule has 0 aliphatic rings. The summed E-state index contributed by atoms with van der Waals surface area (Å²) < 4.78 is 6.26. The molecule has 84 valence electrons. The maximum atomic E-state index is 5.26. The number of nitrogens with one attached hydrogen (secondary N) is 1. The number of halogens is 1. The molecule has 1 rings (SSSR count). The van der Waals surface area contributed by atoms with Gasteiger partial charge >= 0.3 is 0 Å². The van der Waals surface area contributed by atoms with Gasteiger partial charge in [-0.3, -0.25) is 4.98 Å². The van der Waals surface area contributed by atoms with Crippen molar-refractivity contribution in [2.24, 2.45) is 0 Å². The molecule has 1 aromatic heterocycles. The van der Waals surface area contributed by atoms with Crippen LogP contribution < -0.4 is 5.32 Å². The topological polar surface area (TPSA) is 34.1 Å². The Hall–Kier alpha value is -0.610. The van der Waals surface area contributed by atoms with E-state index in [1.54, 1.807) is 6.20 Å². The standard InChI is InChI=1S/C11H17BrN2O/c1-2-15-6-4-3-5-14-11-7-10(12)8-13-9-11/h7-9,14H,2-6H2,1H3. The Balaban J connectivity index is 2.10. The van der Waals surface area contributed by atoms with Crippen molar-refractivity contribution >= 4 is 21.6 Å². The van der Waals surface area contributed by atoms with Crippen molar-refractivity contribution in [2.45, 2.75) is 19.8 Å². The van der Waals surface area contributed by atoms with Gasteiger partial charge in [-0.15, -0.1) is 0 Å². The van der Waals surface area contributed by atoms with Gasteiger partial charge in [0.05, 0.1) is 11.9 Å². The number of rotatable bonds is 7. The largest absolute Gasteiger partial charge is 0.384 e. The average Bonchev–Trinajstić information content (AvgIpc) is 2.23. The van der Waals surface area contributed by atoms with Gasteiger partial charge < -0.3 is 10.1 Å². The molecule has 0 radical (unpaired) electrons. The number of hydrogen-bond donors (Lipinski definition) is 1. The molecule has 0 unspecified atom stereocenters. The first kappa shape index (κ1) is 12.5. The number of ether oxygens (including phenoxy) is 1. The lowest BCUT2D eigenvalue weighted by atomic mass is 10.3. The highest BCUT2D eigenvalue weighted by molar-refractivity contribution is 9.10. The quantitative estimate of drug-likeness (QED) is 0.775. The van der Waals surface area contributed by atoms with E-state index in [4.69, 9.17) is 4.74 Å². The minimum absolute atomic E-state index is 0.809. The summed E-state index contributed by atoms with van der Waals surface area (Å²) in [4.78, 5) is 4.08. The van der Waals surface area contributed by atoms with Gasteiger partial charge in [0.25, 0.3) is 0 Å². The van der Waals surface area contributed by atoms with Crippen LogP contribution in [0.1, 0.15) is 19.8 Å². The third-order valence-electron chi connectivity index (χ3n) is 1.95. The second-order valence-electron chi connectivity index (χ2n) is 3.22. The summed E-state index contributed by atoms with van der Waals surface area (Å²) in [6.07, 6.45) is 5.82. The van der Waals surface area contributed by atoms with Crippen molar-refractivity contribution < 1.29 is 4.74 Å². The molecule has 0 aliphatic carbocycles. The molecule has 0 atom stereocenters. The zero-order chi connectivity index (χ0) is 10.9. The molecular weight excluding hydrogens is 256 g/mol. The zero-order valence-electron chi connectivity index (χ0n) is 9.00. The Morgan fingerprint density at radius 3 is 3.00 bits per heavy atom. The van der Waals surface area contributed by atoms with Crippen LogP contribution in [-0.4, -0.2) is 24.7 Å². The lowest BCUT2D eigenvalue weighted by Crippen LogP contribution is -2.03. The Morgan fingerprint density at radius 1 is 1.40 bits per heavy atom. The van der Waals surface area contributed by atoms with Crippen molar-refractivity contribution in [2.75, 3.05) is 25.1 Å². The number of aromatic nitrogens is 1. The number of unbranched alkanes of at least 4 members (excludes halogenated alkanes) is 1. The highest BCUT2D eigenvalue weighted by atomic mass is 79.9. The Labute approximate surface area is 99.4 Å². The van der Waals surface area contributed by atoms with Crippen molar-refractivity contribution in [1.29, 1.82) is 0 Å². The monoisotopic (exact) mass is 272 g/mol. The molecule has 1 heterocycles. The Bertz CT molecular complexity index is 281. The summed E-state index contributed by atoms with van der Waals surface area (Å²) >= 11 is 3.38. The molecule has 0 fully saturated rings. The maximum absolute atomic E-state index is 5.26. The molecule has 0 aromatic carbocycles. The zero-order valence-corrected chi connectivity index (χ0v) is 10.6. The van der Waals surface area contributed by atoms with Crippen LogP contribution in [0.4, 0.5) is 5.69 Å². The van der Waals surface area contributed by atoms with Gasteiger partial charge in [0.15, 0.2) is 0 Å². The van der Waals surface area contributed by atoms with Crippen LogP contribution in [0.25, 0.3) is 0 Å². The van der Waals surface area contributed by atoms with Gasteiger partial charge in [0.2, 0.25) is 0 Å². The van der Waals surface area contributed by atoms with Gasteiger partial charge in [0, 0.05) is 30.4 Å². The van der Waals surface area contributed by atoms with Crippen LogP contribution in [0.15, 0.2) is 22.9 Å². The molecule has 0 saturated carbocycles. The third-order valence-corrected chi connectivity index (χ3v) is 2.39. The summed E-state index contributed by atoms with van der Waals surface area (Å²) in [7, 11) is 0. The first-order valence-electron chi connectivity index (χ1n) is 5.25. The van der Waals surface area contributed by atoms with Gasteiger partial charge in [-0.05, 0) is 41.8 Å². The van der Waals surface area contributed by atoms with E-state index in [1.165, 1.54) is 0 Å². The average molecular weight is 273 g/mol. The molecule has 3 nitrogen and oxygen atoms in total. The molecule has 15 heavy (non-hydrogen) atoms. The molecule has 0 amide bonds. The molecule has 0 aliphatic heterocycles. The molecular formula is C11H17BrN2O. The SMILES string of the molecule is CCOCCCCNc1cncc(Br)c1. The third kappa shape index (κ3) is 5.74. The van der Waals surface area contributed by atoms with Crippen LogP contribution in [0.5, 0.6) is 0 Å². The maximum Gasteiger partial charge on any atom is 0.0538 e. The van der Waals surface area contributed by atoms with E-state index in [1.807, 2.05) is 19.2 Å². The molecule has 0 bridgehead atoms. The normalized spacial score (nSPS) is 10.3. The smallest absolute Gasteiger partial charge is 0.0538 e. The second-order valence-corrected chi connectivity index (χ2v) is 4.14. The highest BCUT2D eigenvalue weighted by Crippen LogP contribution is 2.13. The van der Waals surface area contributed by atoms with E-state index in [0.29, 0.717) is 0 Å². The lowest BCUT2D eigenvalue weighted by Gasteiger charge is -2.06. The van der Waals surface area contributed by atoms with Crippen molar-refractivity contribution in [1.82, 2.24) is 4.98 Å². The number of nitrogens with zero attached hydrogens (tertiary/aromatic N) is 1. The Kier molecular flexibility index (Phi) is 6.36. The van der Waals surface area contributed by atoms with Gasteiger partial charge in [-0.25, -0.2) is 0 Å². The number of pyridine rings is 1. The minimum atomic E-state index is 0.809.